The van der Waals surface area contributed by atoms with Crippen molar-refractivity contribution in [1.29, 1.82) is 5.26 Å². The smallest absolute Gasteiger partial charge is 0.250 e. The Kier molecular flexibility index (Phi) is 5.08. The van der Waals surface area contributed by atoms with Crippen molar-refractivity contribution >= 4 is 23.1 Å². The molecule has 0 aliphatic carbocycles. The number of H-pyrrole nitrogens is 1. The number of nitriles is 1. The second-order valence-electron chi connectivity index (χ2n) is 5.78. The zero-order valence-electron chi connectivity index (χ0n) is 14.3. The van der Waals surface area contributed by atoms with E-state index in [2.05, 4.69) is 19.9 Å². The van der Waals surface area contributed by atoms with Gasteiger partial charge < -0.3 is 15.5 Å². The first-order chi connectivity index (χ1) is 13.0. The van der Waals surface area contributed by atoms with Gasteiger partial charge in [-0.05, 0) is 19.1 Å². The maximum Gasteiger partial charge on any atom is 0.250 e. The highest BCUT2D eigenvalue weighted by Crippen LogP contribution is 2.24. The molecule has 136 valence electrons. The van der Waals surface area contributed by atoms with Crippen LogP contribution in [0.4, 0.5) is 4.39 Å². The minimum Gasteiger partial charge on any atom is -0.474 e. The number of carbonyl (C=O) groups is 1. The van der Waals surface area contributed by atoms with Crippen molar-refractivity contribution in [3.05, 3.63) is 42.1 Å². The number of pyridine rings is 1. The van der Waals surface area contributed by atoms with Crippen LogP contribution in [0.1, 0.15) is 12.5 Å². The first-order valence-corrected chi connectivity index (χ1v) is 7.98. The van der Waals surface area contributed by atoms with Gasteiger partial charge in [0.1, 0.15) is 12.1 Å². The molecule has 27 heavy (non-hydrogen) atoms. The van der Waals surface area contributed by atoms with Gasteiger partial charge in [-0.3, -0.25) is 4.79 Å². The number of ether oxygens (including phenoxy) is 1. The largest absolute Gasteiger partial charge is 0.474 e. The van der Waals surface area contributed by atoms with Gasteiger partial charge in [-0.15, -0.1) is 0 Å². The fourth-order valence-corrected chi connectivity index (χ4v) is 2.26. The molecule has 3 N–H and O–H groups in total. The number of amides is 1. The number of aromatic amines is 1. The molecule has 0 radical (unpaired) electrons. The summed E-state index contributed by atoms with van der Waals surface area (Å²) in [5.41, 5.74) is 7.56. The molecule has 8 nitrogen and oxygen atoms in total. The molecule has 0 saturated heterocycles. The summed E-state index contributed by atoms with van der Waals surface area (Å²) in [6.45, 7) is 1.71. The molecule has 9 heteroatoms. The molecule has 3 heterocycles. The van der Waals surface area contributed by atoms with E-state index in [1.165, 1.54) is 30.6 Å². The van der Waals surface area contributed by atoms with Crippen LogP contribution in [0.2, 0.25) is 0 Å². The Morgan fingerprint density at radius 3 is 3.00 bits per heavy atom. The summed E-state index contributed by atoms with van der Waals surface area (Å²) in [4.78, 5) is 26.5. The van der Waals surface area contributed by atoms with Crippen molar-refractivity contribution in [2.45, 2.75) is 6.92 Å². The van der Waals surface area contributed by atoms with E-state index in [1.54, 1.807) is 13.1 Å². The van der Waals surface area contributed by atoms with Crippen molar-refractivity contribution < 1.29 is 13.9 Å². The molecule has 3 aromatic heterocycles. The number of carbonyl (C=O) groups excluding carboxylic acids is 1. The van der Waals surface area contributed by atoms with Gasteiger partial charge in [-0.25, -0.2) is 19.3 Å². The number of primary amides is 1. The zero-order valence-corrected chi connectivity index (χ0v) is 14.3. The Bertz CT molecular complexity index is 1070. The topological polar surface area (TPSA) is 131 Å². The lowest BCUT2D eigenvalue weighted by Gasteiger charge is -2.08. The number of aromatic nitrogens is 4. The number of halogens is 1. The maximum absolute atomic E-state index is 14.2. The quantitative estimate of drug-likeness (QED) is 0.643. The van der Waals surface area contributed by atoms with Crippen molar-refractivity contribution in [2.75, 3.05) is 6.61 Å². The van der Waals surface area contributed by atoms with Crippen LogP contribution >= 0.6 is 0 Å². The van der Waals surface area contributed by atoms with Crippen LogP contribution < -0.4 is 10.5 Å². The number of fused-ring (bicyclic) bond motifs is 1. The molecule has 1 amide bonds. The summed E-state index contributed by atoms with van der Waals surface area (Å²) in [6, 6.07) is 3.23. The molecule has 1 atom stereocenters. The standard InChI is InChI=1S/C18H15FN6O2/c1-10(5-20)9-27-18-13(19)4-12(7-24-18)14-8-23-17-16(25-14)11(6-22-17)2-3-15(21)26/h2-4,6-8,10H,9H2,1H3,(H2,21,26)(H,22,23). The van der Waals surface area contributed by atoms with E-state index in [9.17, 15) is 9.18 Å². The van der Waals surface area contributed by atoms with E-state index >= 15 is 0 Å². The Balaban J connectivity index is 1.91. The average molecular weight is 366 g/mol. The molecule has 1 unspecified atom stereocenters. The Morgan fingerprint density at radius 2 is 2.30 bits per heavy atom. The van der Waals surface area contributed by atoms with Crippen molar-refractivity contribution in [2.24, 2.45) is 11.7 Å². The molecular formula is C18H15FN6O2. The minimum absolute atomic E-state index is 0.0461. The predicted molar refractivity (Wildman–Crippen MR) is 95.6 cm³/mol. The van der Waals surface area contributed by atoms with Gasteiger partial charge >= 0.3 is 0 Å². The van der Waals surface area contributed by atoms with Gasteiger partial charge in [-0.2, -0.15) is 5.26 Å². The van der Waals surface area contributed by atoms with Crippen LogP contribution in [0.5, 0.6) is 5.88 Å². The van der Waals surface area contributed by atoms with Gasteiger partial charge in [0.05, 0.1) is 23.9 Å². The van der Waals surface area contributed by atoms with E-state index in [-0.39, 0.29) is 18.4 Å². The van der Waals surface area contributed by atoms with Gasteiger partial charge in [0, 0.05) is 29.6 Å². The second kappa shape index (κ2) is 7.61. The van der Waals surface area contributed by atoms with Crippen molar-refractivity contribution in [1.82, 2.24) is 19.9 Å². The third-order valence-electron chi connectivity index (χ3n) is 3.63. The third kappa shape index (κ3) is 4.07. The Labute approximate surface area is 153 Å². The number of hydrogen-bond donors (Lipinski definition) is 2. The third-order valence-corrected chi connectivity index (χ3v) is 3.63. The number of hydrogen-bond acceptors (Lipinski definition) is 6. The lowest BCUT2D eigenvalue weighted by atomic mass is 10.2. The maximum atomic E-state index is 14.2. The van der Waals surface area contributed by atoms with Gasteiger partial charge in [0.25, 0.3) is 0 Å². The lowest BCUT2D eigenvalue weighted by Crippen LogP contribution is -2.08. The second-order valence-corrected chi connectivity index (χ2v) is 5.78. The number of nitrogens with one attached hydrogen (secondary N) is 1. The van der Waals surface area contributed by atoms with Crippen LogP contribution in [0, 0.1) is 23.1 Å². The molecule has 3 rings (SSSR count). The number of rotatable bonds is 6. The van der Waals surface area contributed by atoms with Crippen LogP contribution in [0.15, 0.2) is 30.7 Å². The molecule has 0 aliphatic heterocycles. The van der Waals surface area contributed by atoms with Crippen LogP contribution in [-0.4, -0.2) is 32.4 Å². The summed E-state index contributed by atoms with van der Waals surface area (Å²) in [6.07, 6.45) is 7.27. The molecule has 0 spiro atoms. The molecule has 0 bridgehead atoms. The molecule has 0 saturated carbocycles. The van der Waals surface area contributed by atoms with E-state index in [0.29, 0.717) is 28.0 Å². The first kappa shape index (κ1) is 18.0. The number of nitrogens with zero attached hydrogens (tertiary/aromatic N) is 4. The van der Waals surface area contributed by atoms with E-state index < -0.39 is 11.7 Å². The lowest BCUT2D eigenvalue weighted by molar-refractivity contribution is -0.113. The first-order valence-electron chi connectivity index (χ1n) is 7.98. The van der Waals surface area contributed by atoms with Crippen molar-refractivity contribution in [3.63, 3.8) is 0 Å². The summed E-state index contributed by atoms with van der Waals surface area (Å²) in [7, 11) is 0. The SMILES string of the molecule is CC(C#N)COc1ncc(-c2cnc3[nH]cc(C=CC(N)=O)c3n2)cc1F. The van der Waals surface area contributed by atoms with Crippen LogP contribution in [-0.2, 0) is 4.79 Å². The van der Waals surface area contributed by atoms with Crippen molar-refractivity contribution in [3.8, 4) is 23.2 Å². The summed E-state index contributed by atoms with van der Waals surface area (Å²) in [5.74, 6) is -1.80. The molecule has 3 aromatic rings. The normalized spacial score (nSPS) is 12.2. The highest BCUT2D eigenvalue weighted by molar-refractivity contribution is 5.93. The fraction of sp³-hybridized carbons (Fsp3) is 0.167. The van der Waals surface area contributed by atoms with Gasteiger partial charge in [0.15, 0.2) is 11.5 Å². The highest BCUT2D eigenvalue weighted by atomic mass is 19.1. The van der Waals surface area contributed by atoms with Gasteiger partial charge in [0.2, 0.25) is 11.8 Å². The highest BCUT2D eigenvalue weighted by Gasteiger charge is 2.12. The van der Waals surface area contributed by atoms with Crippen LogP contribution in [0.25, 0.3) is 28.5 Å². The van der Waals surface area contributed by atoms with E-state index in [0.717, 1.165) is 0 Å². The van der Waals surface area contributed by atoms with E-state index in [1.807, 2.05) is 6.07 Å². The number of nitrogens with two attached hydrogens (primary N) is 1. The molecular weight excluding hydrogens is 351 g/mol. The fourth-order valence-electron chi connectivity index (χ4n) is 2.26. The molecule has 0 aliphatic rings. The summed E-state index contributed by atoms with van der Waals surface area (Å²) >= 11 is 0. The van der Waals surface area contributed by atoms with Gasteiger partial charge in [-0.1, -0.05) is 0 Å². The predicted octanol–water partition coefficient (Wildman–Crippen LogP) is 2.20. The summed E-state index contributed by atoms with van der Waals surface area (Å²) < 4.78 is 19.5. The van der Waals surface area contributed by atoms with Crippen LogP contribution in [0.3, 0.4) is 0 Å². The molecule has 0 aromatic carbocycles. The summed E-state index contributed by atoms with van der Waals surface area (Å²) in [5, 5.41) is 8.74. The monoisotopic (exact) mass is 366 g/mol. The Hall–Kier alpha value is -3.80. The average Bonchev–Trinajstić information content (AvgIpc) is 3.07. The minimum atomic E-state index is -0.664. The Morgan fingerprint density at radius 1 is 1.48 bits per heavy atom. The van der Waals surface area contributed by atoms with E-state index in [4.69, 9.17) is 15.7 Å². The zero-order chi connectivity index (χ0) is 19.4. The molecule has 0 fully saturated rings.